The van der Waals surface area contributed by atoms with Crippen molar-refractivity contribution in [3.8, 4) is 5.75 Å². The van der Waals surface area contributed by atoms with Crippen LogP contribution in [0.2, 0.25) is 0 Å². The van der Waals surface area contributed by atoms with E-state index < -0.39 is 23.5 Å². The number of aryl methyl sites for hydroxylation is 3. The molecule has 2 heterocycles. The highest BCUT2D eigenvalue weighted by atomic mass is 16.4. The van der Waals surface area contributed by atoms with Crippen LogP contribution in [0.3, 0.4) is 0 Å². The summed E-state index contributed by atoms with van der Waals surface area (Å²) in [6.07, 6.45) is 3.68. The third-order valence-corrected chi connectivity index (χ3v) is 6.48. The first-order valence-electron chi connectivity index (χ1n) is 11.1. The Bertz CT molecular complexity index is 1490. The summed E-state index contributed by atoms with van der Waals surface area (Å²) in [6, 6.07) is 7.88. The van der Waals surface area contributed by atoms with Gasteiger partial charge in [-0.3, -0.25) is 4.79 Å². The smallest absolute Gasteiger partial charge is 0.340 e. The zero-order valence-electron chi connectivity index (χ0n) is 18.5. The Hall–Kier alpha value is -4.07. The maximum absolute atomic E-state index is 12.8. The summed E-state index contributed by atoms with van der Waals surface area (Å²) < 4.78 is 11.5. The highest BCUT2D eigenvalue weighted by Crippen LogP contribution is 2.35. The number of amides is 1. The van der Waals surface area contributed by atoms with Crippen LogP contribution in [0.15, 0.2) is 50.0 Å². The van der Waals surface area contributed by atoms with Crippen molar-refractivity contribution in [3.63, 3.8) is 0 Å². The van der Waals surface area contributed by atoms with Crippen LogP contribution < -0.4 is 10.9 Å². The molecule has 0 radical (unpaired) electrons. The van der Waals surface area contributed by atoms with Crippen molar-refractivity contribution in [1.82, 2.24) is 5.32 Å². The van der Waals surface area contributed by atoms with Crippen LogP contribution >= 0.6 is 0 Å². The van der Waals surface area contributed by atoms with Gasteiger partial charge in [-0.15, -0.1) is 0 Å². The second kappa shape index (κ2) is 8.37. The van der Waals surface area contributed by atoms with E-state index in [2.05, 4.69) is 5.32 Å². The van der Waals surface area contributed by atoms with Crippen molar-refractivity contribution in [1.29, 1.82) is 0 Å². The number of benzene rings is 2. The third-order valence-electron chi connectivity index (χ3n) is 6.48. The van der Waals surface area contributed by atoms with Gasteiger partial charge in [0, 0.05) is 28.8 Å². The largest absolute Gasteiger partial charge is 0.508 e. The van der Waals surface area contributed by atoms with Crippen molar-refractivity contribution < 1.29 is 28.6 Å². The lowest BCUT2D eigenvalue weighted by atomic mass is 9.94. The molecule has 174 valence electrons. The molecule has 1 aliphatic carbocycles. The number of aromatic hydroxyl groups is 1. The van der Waals surface area contributed by atoms with Crippen LogP contribution in [0.1, 0.15) is 46.9 Å². The molecule has 0 bridgehead atoms. The molecule has 0 saturated heterocycles. The molecule has 1 amide bonds. The van der Waals surface area contributed by atoms with E-state index in [0.29, 0.717) is 22.3 Å². The number of furan rings is 1. The summed E-state index contributed by atoms with van der Waals surface area (Å²) >= 11 is 0. The number of carboxylic acid groups (broad SMARTS) is 1. The van der Waals surface area contributed by atoms with Gasteiger partial charge in [-0.2, -0.15) is 0 Å². The Labute approximate surface area is 193 Å². The predicted octanol–water partition coefficient (Wildman–Crippen LogP) is 3.92. The first-order valence-corrected chi connectivity index (χ1v) is 11.1. The van der Waals surface area contributed by atoms with E-state index >= 15 is 0 Å². The zero-order valence-corrected chi connectivity index (χ0v) is 18.5. The average molecular weight is 461 g/mol. The fraction of sp³-hybridized carbons (Fsp3) is 0.269. The number of nitrogens with one attached hydrogen (secondary N) is 1. The maximum Gasteiger partial charge on any atom is 0.340 e. The van der Waals surface area contributed by atoms with E-state index in [0.717, 1.165) is 42.2 Å². The molecule has 0 spiro atoms. The molecule has 0 saturated carbocycles. The van der Waals surface area contributed by atoms with Crippen LogP contribution in [-0.4, -0.2) is 22.1 Å². The van der Waals surface area contributed by atoms with Crippen LogP contribution in [0, 0.1) is 6.92 Å². The topological polar surface area (TPSA) is 130 Å². The molecule has 4 aromatic rings. The van der Waals surface area contributed by atoms with Crippen molar-refractivity contribution in [3.05, 3.63) is 74.8 Å². The number of hydrogen-bond donors (Lipinski definition) is 3. The molecule has 8 heteroatoms. The number of aliphatic carboxylic acids is 1. The summed E-state index contributed by atoms with van der Waals surface area (Å²) in [5.41, 5.74) is 2.71. The Morgan fingerprint density at radius 1 is 1.03 bits per heavy atom. The van der Waals surface area contributed by atoms with E-state index in [-0.39, 0.29) is 17.7 Å². The lowest BCUT2D eigenvalue weighted by molar-refractivity contribution is -0.142. The minimum Gasteiger partial charge on any atom is -0.508 e. The first-order chi connectivity index (χ1) is 16.3. The number of carboxylic acids is 1. The number of phenolic OH excluding ortho intramolecular Hbond substituents is 1. The number of carbonyl (C=O) groups is 2. The molecular weight excluding hydrogens is 438 g/mol. The molecule has 0 aliphatic heterocycles. The molecule has 2 aromatic heterocycles. The van der Waals surface area contributed by atoms with Gasteiger partial charge in [0.1, 0.15) is 22.7 Å². The molecule has 5 rings (SSSR count). The fourth-order valence-electron chi connectivity index (χ4n) is 4.68. The summed E-state index contributed by atoms with van der Waals surface area (Å²) in [5, 5.41) is 23.2. The zero-order chi connectivity index (χ0) is 24.0. The minimum absolute atomic E-state index is 0.0170. The number of hydrogen-bond acceptors (Lipinski definition) is 6. The first kappa shape index (κ1) is 21.8. The highest BCUT2D eigenvalue weighted by molar-refractivity contribution is 5.97. The number of phenols is 1. The van der Waals surface area contributed by atoms with Gasteiger partial charge >= 0.3 is 11.6 Å². The van der Waals surface area contributed by atoms with E-state index in [9.17, 15) is 24.6 Å². The average Bonchev–Trinajstić information content (AvgIpc) is 3.17. The Morgan fingerprint density at radius 2 is 1.74 bits per heavy atom. The summed E-state index contributed by atoms with van der Waals surface area (Å²) in [7, 11) is 0. The van der Waals surface area contributed by atoms with E-state index in [1.165, 1.54) is 29.8 Å². The van der Waals surface area contributed by atoms with Crippen LogP contribution in [0.25, 0.3) is 21.9 Å². The van der Waals surface area contributed by atoms with Gasteiger partial charge in [0.2, 0.25) is 5.91 Å². The Kier molecular flexibility index (Phi) is 5.36. The molecule has 1 aliphatic rings. The predicted molar refractivity (Wildman–Crippen MR) is 124 cm³/mol. The Balaban J connectivity index is 1.48. The quantitative estimate of drug-likeness (QED) is 0.384. The van der Waals surface area contributed by atoms with Crippen molar-refractivity contribution in [2.24, 2.45) is 0 Å². The summed E-state index contributed by atoms with van der Waals surface area (Å²) in [5.74, 6) is -0.924. The van der Waals surface area contributed by atoms with Crippen LogP contribution in [0.5, 0.6) is 5.75 Å². The molecule has 2 aromatic carbocycles. The second-order valence-electron chi connectivity index (χ2n) is 8.66. The van der Waals surface area contributed by atoms with E-state index in [1.54, 1.807) is 13.0 Å². The Morgan fingerprint density at radius 3 is 2.47 bits per heavy atom. The molecule has 1 atom stereocenters. The lowest BCUT2D eigenvalue weighted by Gasteiger charge is -2.15. The summed E-state index contributed by atoms with van der Waals surface area (Å²) in [4.78, 5) is 37.2. The third kappa shape index (κ3) is 3.81. The lowest BCUT2D eigenvalue weighted by Crippen LogP contribution is -2.35. The molecular formula is C26H23NO7. The standard InChI is InChI=1S/C26H23NO7/c1-13-17-10-19-16-4-2-3-5-20(16)33-22(19)12-21(17)34-26(32)18(13)11-23(29)27-24(25(30)31)14-6-8-15(28)9-7-14/h6-10,12,24,28H,2-5,11H2,1H3,(H,27,29)(H,30,31). The normalized spacial score (nSPS) is 14.1. The molecule has 34 heavy (non-hydrogen) atoms. The molecule has 8 nitrogen and oxygen atoms in total. The minimum atomic E-state index is -1.32. The number of carbonyl (C=O) groups excluding carboxylic acids is 1. The monoisotopic (exact) mass is 461 g/mol. The fourth-order valence-corrected chi connectivity index (χ4v) is 4.68. The van der Waals surface area contributed by atoms with Gasteiger partial charge in [0.15, 0.2) is 6.04 Å². The maximum atomic E-state index is 12.8. The van der Waals surface area contributed by atoms with Gasteiger partial charge in [-0.05, 0) is 55.5 Å². The number of fused-ring (bicyclic) bond motifs is 4. The molecule has 3 N–H and O–H groups in total. The van der Waals surface area contributed by atoms with Crippen LogP contribution in [0.4, 0.5) is 0 Å². The van der Waals surface area contributed by atoms with Crippen LogP contribution in [-0.2, 0) is 28.9 Å². The number of rotatable bonds is 5. The van der Waals surface area contributed by atoms with Gasteiger partial charge in [-0.25, -0.2) is 9.59 Å². The van der Waals surface area contributed by atoms with Crippen molar-refractivity contribution in [2.45, 2.75) is 45.1 Å². The molecule has 1 unspecified atom stereocenters. The van der Waals surface area contributed by atoms with Gasteiger partial charge in [0.05, 0.1) is 12.0 Å². The van der Waals surface area contributed by atoms with Gasteiger partial charge < -0.3 is 24.4 Å². The van der Waals surface area contributed by atoms with Gasteiger partial charge in [-0.1, -0.05) is 12.1 Å². The summed E-state index contributed by atoms with van der Waals surface area (Å²) in [6.45, 7) is 1.76. The molecule has 0 fully saturated rings. The second-order valence-corrected chi connectivity index (χ2v) is 8.66. The van der Waals surface area contributed by atoms with E-state index in [1.807, 2.05) is 6.07 Å². The van der Waals surface area contributed by atoms with Crippen molar-refractivity contribution >= 4 is 33.8 Å². The van der Waals surface area contributed by atoms with Crippen molar-refractivity contribution in [2.75, 3.05) is 0 Å². The highest BCUT2D eigenvalue weighted by Gasteiger charge is 2.25. The SMILES string of the molecule is Cc1c(CC(=O)NC(C(=O)O)c2ccc(O)cc2)c(=O)oc2cc3oc4c(c3cc12)CCCC4. The van der Waals surface area contributed by atoms with E-state index in [4.69, 9.17) is 8.83 Å². The van der Waals surface area contributed by atoms with Gasteiger partial charge in [0.25, 0.3) is 0 Å².